The highest BCUT2D eigenvalue weighted by molar-refractivity contribution is 5.85. The second-order valence-electron chi connectivity index (χ2n) is 5.79. The minimum Gasteiger partial charge on any atom is -0.481 e. The molecule has 0 unspecified atom stereocenters. The Morgan fingerprint density at radius 2 is 2.00 bits per heavy atom. The first kappa shape index (κ1) is 12.3. The van der Waals surface area contributed by atoms with Crippen LogP contribution in [0.3, 0.4) is 0 Å². The number of hydrogen-bond acceptors (Lipinski definition) is 2. The molecule has 1 fully saturated rings. The molecule has 1 aliphatic carbocycles. The van der Waals surface area contributed by atoms with Gasteiger partial charge in [0.1, 0.15) is 0 Å². The maximum atomic E-state index is 11.4. The van der Waals surface area contributed by atoms with Gasteiger partial charge < -0.3 is 10.4 Å². The third-order valence-corrected chi connectivity index (χ3v) is 4.55. The molecule has 1 aliphatic heterocycles. The summed E-state index contributed by atoms with van der Waals surface area (Å²) in [7, 11) is 0. The smallest absolute Gasteiger partial charge is 0.314 e. The summed E-state index contributed by atoms with van der Waals surface area (Å²) >= 11 is 0. The van der Waals surface area contributed by atoms with Crippen molar-refractivity contribution in [3.8, 4) is 0 Å². The van der Waals surface area contributed by atoms with Gasteiger partial charge >= 0.3 is 5.97 Å². The molecular weight excluding hydrogens is 238 g/mol. The summed E-state index contributed by atoms with van der Waals surface area (Å²) in [5, 5.41) is 12.8. The maximum Gasteiger partial charge on any atom is 0.314 e. The van der Waals surface area contributed by atoms with Crippen molar-refractivity contribution in [2.24, 2.45) is 0 Å². The summed E-state index contributed by atoms with van der Waals surface area (Å²) in [5.41, 5.74) is 5.32. The van der Waals surface area contributed by atoms with Crippen molar-refractivity contribution in [2.75, 3.05) is 5.32 Å². The number of allylic oxidation sites excluding steroid dienone is 2. The molecule has 2 N–H and O–H groups in total. The van der Waals surface area contributed by atoms with Gasteiger partial charge in [0.25, 0.3) is 0 Å². The molecule has 100 valence electrons. The van der Waals surface area contributed by atoms with Crippen LogP contribution in [0.5, 0.6) is 0 Å². The van der Waals surface area contributed by atoms with Crippen molar-refractivity contribution in [1.82, 2.24) is 0 Å². The Kier molecular flexibility index (Phi) is 2.66. The Hall–Kier alpha value is -1.77. The number of aryl methyl sites for hydroxylation is 1. The standard InChI is InChI=1S/C16H19NO2/c1-10-3-4-12-9-13(16(7-8-16)15(18)19)5-6-14(12)17-11(10)2/h5-6,9,17H,3-4,7-8H2,1-2H3,(H,18,19). The summed E-state index contributed by atoms with van der Waals surface area (Å²) < 4.78 is 0. The van der Waals surface area contributed by atoms with Crippen molar-refractivity contribution in [1.29, 1.82) is 0 Å². The van der Waals surface area contributed by atoms with E-state index in [2.05, 4.69) is 25.2 Å². The predicted molar refractivity (Wildman–Crippen MR) is 75.3 cm³/mol. The number of anilines is 1. The van der Waals surface area contributed by atoms with Crippen LogP contribution in [0.2, 0.25) is 0 Å². The lowest BCUT2D eigenvalue weighted by Crippen LogP contribution is -2.19. The fourth-order valence-corrected chi connectivity index (χ4v) is 2.79. The van der Waals surface area contributed by atoms with Crippen LogP contribution in [0.4, 0.5) is 5.69 Å². The van der Waals surface area contributed by atoms with Crippen LogP contribution in [-0.4, -0.2) is 11.1 Å². The lowest BCUT2D eigenvalue weighted by molar-refractivity contribution is -0.140. The van der Waals surface area contributed by atoms with Crippen LogP contribution in [0.15, 0.2) is 29.5 Å². The molecule has 1 aromatic carbocycles. The van der Waals surface area contributed by atoms with E-state index in [0.29, 0.717) is 0 Å². The zero-order valence-electron chi connectivity index (χ0n) is 11.4. The van der Waals surface area contributed by atoms with E-state index >= 15 is 0 Å². The first-order chi connectivity index (χ1) is 9.03. The zero-order chi connectivity index (χ0) is 13.6. The number of carbonyl (C=O) groups is 1. The second-order valence-corrected chi connectivity index (χ2v) is 5.79. The number of carboxylic acid groups (broad SMARTS) is 1. The Morgan fingerprint density at radius 1 is 1.26 bits per heavy atom. The minimum absolute atomic E-state index is 0.598. The number of fused-ring (bicyclic) bond motifs is 1. The van der Waals surface area contributed by atoms with Crippen molar-refractivity contribution in [2.45, 2.75) is 44.9 Å². The quantitative estimate of drug-likeness (QED) is 0.853. The summed E-state index contributed by atoms with van der Waals surface area (Å²) in [4.78, 5) is 11.4. The number of carboxylic acids is 1. The largest absolute Gasteiger partial charge is 0.481 e. The Balaban J connectivity index is 1.98. The molecule has 0 atom stereocenters. The van der Waals surface area contributed by atoms with Gasteiger partial charge in [0.2, 0.25) is 0 Å². The molecule has 0 radical (unpaired) electrons. The molecule has 1 heterocycles. The Bertz CT molecular complexity index is 582. The van der Waals surface area contributed by atoms with E-state index in [1.807, 2.05) is 12.1 Å². The highest BCUT2D eigenvalue weighted by atomic mass is 16.4. The van der Waals surface area contributed by atoms with E-state index in [1.165, 1.54) is 16.8 Å². The van der Waals surface area contributed by atoms with E-state index in [9.17, 15) is 9.90 Å². The molecule has 0 aromatic heterocycles. The molecule has 19 heavy (non-hydrogen) atoms. The third kappa shape index (κ3) is 1.93. The van der Waals surface area contributed by atoms with E-state index in [1.54, 1.807) is 0 Å². The average Bonchev–Trinajstić information content (AvgIpc) is 3.18. The highest BCUT2D eigenvalue weighted by Crippen LogP contribution is 2.49. The summed E-state index contributed by atoms with van der Waals surface area (Å²) in [6.07, 6.45) is 3.56. The average molecular weight is 257 g/mol. The monoisotopic (exact) mass is 257 g/mol. The SMILES string of the molecule is CC1=C(C)Nc2ccc(C3(C(=O)O)CC3)cc2CC1. The van der Waals surface area contributed by atoms with Gasteiger partial charge in [-0.15, -0.1) is 0 Å². The van der Waals surface area contributed by atoms with Gasteiger partial charge in [-0.2, -0.15) is 0 Å². The van der Waals surface area contributed by atoms with Gasteiger partial charge in [0.15, 0.2) is 0 Å². The summed E-state index contributed by atoms with van der Waals surface area (Å²) in [6, 6.07) is 6.10. The van der Waals surface area contributed by atoms with Gasteiger partial charge in [-0.05, 0) is 56.7 Å². The molecule has 3 heteroatoms. The molecule has 0 saturated heterocycles. The van der Waals surface area contributed by atoms with Crippen molar-refractivity contribution in [3.05, 3.63) is 40.6 Å². The van der Waals surface area contributed by atoms with Crippen molar-refractivity contribution >= 4 is 11.7 Å². The van der Waals surface area contributed by atoms with Crippen LogP contribution >= 0.6 is 0 Å². The van der Waals surface area contributed by atoms with Crippen molar-refractivity contribution in [3.63, 3.8) is 0 Å². The predicted octanol–water partition coefficient (Wildman–Crippen LogP) is 3.45. The van der Waals surface area contributed by atoms with Crippen LogP contribution in [0.25, 0.3) is 0 Å². The molecule has 0 spiro atoms. The van der Waals surface area contributed by atoms with E-state index in [-0.39, 0.29) is 0 Å². The topological polar surface area (TPSA) is 49.3 Å². The number of nitrogens with one attached hydrogen (secondary N) is 1. The van der Waals surface area contributed by atoms with Crippen LogP contribution in [-0.2, 0) is 16.6 Å². The molecule has 2 aliphatic rings. The highest BCUT2D eigenvalue weighted by Gasteiger charge is 2.51. The summed E-state index contributed by atoms with van der Waals surface area (Å²) in [6.45, 7) is 4.24. The molecule has 1 aromatic rings. The molecule has 0 bridgehead atoms. The number of hydrogen-bond donors (Lipinski definition) is 2. The molecule has 3 nitrogen and oxygen atoms in total. The fourth-order valence-electron chi connectivity index (χ4n) is 2.79. The normalized spacial score (nSPS) is 20.3. The first-order valence-electron chi connectivity index (χ1n) is 6.83. The van der Waals surface area contributed by atoms with Crippen LogP contribution in [0.1, 0.15) is 44.2 Å². The molecule has 3 rings (SSSR count). The van der Waals surface area contributed by atoms with Gasteiger partial charge in [0, 0.05) is 11.4 Å². The first-order valence-corrected chi connectivity index (χ1v) is 6.83. The number of aliphatic carboxylic acids is 1. The van der Waals surface area contributed by atoms with E-state index < -0.39 is 11.4 Å². The van der Waals surface area contributed by atoms with Crippen LogP contribution < -0.4 is 5.32 Å². The summed E-state index contributed by atoms with van der Waals surface area (Å²) in [5.74, 6) is -0.681. The molecular formula is C16H19NO2. The number of rotatable bonds is 2. The Morgan fingerprint density at radius 3 is 2.63 bits per heavy atom. The molecule has 0 amide bonds. The lowest BCUT2D eigenvalue weighted by Gasteiger charge is -2.15. The lowest BCUT2D eigenvalue weighted by atomic mass is 9.92. The minimum atomic E-state index is -0.681. The van der Waals surface area contributed by atoms with Crippen molar-refractivity contribution < 1.29 is 9.90 Å². The van der Waals surface area contributed by atoms with E-state index in [0.717, 1.165) is 36.9 Å². The van der Waals surface area contributed by atoms with Crippen LogP contribution in [0, 0.1) is 0 Å². The maximum absolute atomic E-state index is 11.4. The van der Waals surface area contributed by atoms with Gasteiger partial charge in [-0.3, -0.25) is 4.79 Å². The van der Waals surface area contributed by atoms with Gasteiger partial charge in [0.05, 0.1) is 5.41 Å². The Labute approximate surface area is 113 Å². The third-order valence-electron chi connectivity index (χ3n) is 4.55. The van der Waals surface area contributed by atoms with Gasteiger partial charge in [-0.1, -0.05) is 17.7 Å². The fraction of sp³-hybridized carbons (Fsp3) is 0.438. The van der Waals surface area contributed by atoms with Gasteiger partial charge in [-0.25, -0.2) is 0 Å². The van der Waals surface area contributed by atoms with E-state index in [4.69, 9.17) is 0 Å². The number of benzene rings is 1. The molecule has 1 saturated carbocycles. The zero-order valence-corrected chi connectivity index (χ0v) is 11.4. The second kappa shape index (κ2) is 4.12.